The smallest absolute Gasteiger partial charge is 0.246 e. The third-order valence-corrected chi connectivity index (χ3v) is 4.55. The molecule has 0 spiro atoms. The summed E-state index contributed by atoms with van der Waals surface area (Å²) in [6.45, 7) is 2.80. The third kappa shape index (κ3) is 5.00. The molecule has 0 aliphatic carbocycles. The zero-order valence-electron chi connectivity index (χ0n) is 15.2. The average Bonchev–Trinajstić information content (AvgIpc) is 2.67. The van der Waals surface area contributed by atoms with E-state index in [2.05, 4.69) is 10.3 Å². The Labute approximate surface area is 157 Å². The van der Waals surface area contributed by atoms with Gasteiger partial charge in [0, 0.05) is 30.4 Å². The zero-order chi connectivity index (χ0) is 19.2. The van der Waals surface area contributed by atoms with Crippen molar-refractivity contribution >= 4 is 23.7 Å². The van der Waals surface area contributed by atoms with Gasteiger partial charge in [0.05, 0.1) is 5.92 Å². The number of nitrogens with one attached hydrogen (secondary N) is 1. The van der Waals surface area contributed by atoms with E-state index in [4.69, 9.17) is 0 Å². The van der Waals surface area contributed by atoms with E-state index < -0.39 is 0 Å². The highest BCUT2D eigenvalue weighted by atomic mass is 19.1. The lowest BCUT2D eigenvalue weighted by Crippen LogP contribution is -2.43. The Morgan fingerprint density at radius 1 is 1.22 bits per heavy atom. The Morgan fingerprint density at radius 2 is 2.04 bits per heavy atom. The number of rotatable bonds is 4. The molecule has 3 rings (SSSR count). The average molecular weight is 367 g/mol. The normalized spacial score (nSPS) is 17.1. The Morgan fingerprint density at radius 3 is 2.81 bits per heavy atom. The van der Waals surface area contributed by atoms with Gasteiger partial charge in [-0.1, -0.05) is 24.3 Å². The molecule has 2 heterocycles. The number of carbonyl (C=O) groups is 2. The van der Waals surface area contributed by atoms with E-state index in [1.54, 1.807) is 29.2 Å². The summed E-state index contributed by atoms with van der Waals surface area (Å²) in [6, 6.07) is 11.7. The Kier molecular flexibility index (Phi) is 5.96. The van der Waals surface area contributed by atoms with Gasteiger partial charge in [-0.2, -0.15) is 0 Å². The van der Waals surface area contributed by atoms with E-state index in [9.17, 15) is 14.0 Å². The van der Waals surface area contributed by atoms with Gasteiger partial charge in [0.15, 0.2) is 0 Å². The van der Waals surface area contributed by atoms with Crippen molar-refractivity contribution in [1.29, 1.82) is 0 Å². The fourth-order valence-electron chi connectivity index (χ4n) is 3.11. The minimum absolute atomic E-state index is 0.135. The fraction of sp³-hybridized carbons (Fsp3) is 0.286. The van der Waals surface area contributed by atoms with Crippen LogP contribution in [0.5, 0.6) is 0 Å². The molecule has 1 saturated heterocycles. The van der Waals surface area contributed by atoms with Gasteiger partial charge >= 0.3 is 0 Å². The van der Waals surface area contributed by atoms with Gasteiger partial charge in [-0.25, -0.2) is 9.37 Å². The van der Waals surface area contributed by atoms with E-state index in [0.29, 0.717) is 24.5 Å². The van der Waals surface area contributed by atoms with Crippen LogP contribution in [0.3, 0.4) is 0 Å². The molecule has 1 atom stereocenters. The highest BCUT2D eigenvalue weighted by molar-refractivity contribution is 5.94. The highest BCUT2D eigenvalue weighted by Crippen LogP contribution is 2.19. The molecule has 6 heteroatoms. The number of aryl methyl sites for hydroxylation is 1. The van der Waals surface area contributed by atoms with Crippen molar-refractivity contribution in [2.75, 3.05) is 18.4 Å². The summed E-state index contributed by atoms with van der Waals surface area (Å²) in [6.07, 6.45) is 4.30. The van der Waals surface area contributed by atoms with Gasteiger partial charge in [0.1, 0.15) is 11.6 Å². The van der Waals surface area contributed by atoms with Crippen LogP contribution in [0.15, 0.2) is 48.5 Å². The van der Waals surface area contributed by atoms with Crippen LogP contribution in [0.25, 0.3) is 6.08 Å². The van der Waals surface area contributed by atoms with Gasteiger partial charge in [0.2, 0.25) is 11.8 Å². The van der Waals surface area contributed by atoms with Crippen LogP contribution in [0.2, 0.25) is 0 Å². The molecule has 1 fully saturated rings. The second kappa shape index (κ2) is 8.58. The van der Waals surface area contributed by atoms with Gasteiger partial charge in [-0.15, -0.1) is 0 Å². The van der Waals surface area contributed by atoms with Gasteiger partial charge < -0.3 is 10.2 Å². The lowest BCUT2D eigenvalue weighted by molar-refractivity contribution is -0.130. The first-order valence-corrected chi connectivity index (χ1v) is 8.99. The SMILES string of the molecule is Cc1cccc(NC(=O)C2CCCN(C(=O)/C=C/c3ccccc3F)C2)n1. The summed E-state index contributed by atoms with van der Waals surface area (Å²) in [5.74, 6) is -0.494. The topological polar surface area (TPSA) is 62.3 Å². The van der Waals surface area contributed by atoms with Crippen LogP contribution in [-0.4, -0.2) is 34.8 Å². The first-order chi connectivity index (χ1) is 13.0. The van der Waals surface area contributed by atoms with Crippen molar-refractivity contribution in [2.24, 2.45) is 5.92 Å². The van der Waals surface area contributed by atoms with Crippen molar-refractivity contribution in [2.45, 2.75) is 19.8 Å². The lowest BCUT2D eigenvalue weighted by atomic mass is 9.97. The predicted molar refractivity (Wildman–Crippen MR) is 102 cm³/mol. The van der Waals surface area contributed by atoms with Crippen LogP contribution < -0.4 is 5.32 Å². The number of halogens is 1. The number of amides is 2. The molecule has 0 saturated carbocycles. The molecule has 1 unspecified atom stereocenters. The van der Waals surface area contributed by atoms with Crippen LogP contribution in [0, 0.1) is 18.7 Å². The maximum atomic E-state index is 13.7. The van der Waals surface area contributed by atoms with Crippen LogP contribution in [0.4, 0.5) is 10.2 Å². The number of carbonyl (C=O) groups excluding carboxylic acids is 2. The molecule has 5 nitrogen and oxygen atoms in total. The highest BCUT2D eigenvalue weighted by Gasteiger charge is 2.27. The van der Waals surface area contributed by atoms with Crippen LogP contribution >= 0.6 is 0 Å². The number of pyridine rings is 1. The number of likely N-dealkylation sites (tertiary alicyclic amines) is 1. The summed E-state index contributed by atoms with van der Waals surface area (Å²) in [4.78, 5) is 30.8. The molecule has 1 aromatic heterocycles. The standard InChI is InChI=1S/C21H22FN3O2/c1-15-6-4-10-19(23-15)24-21(27)17-8-5-13-25(14-17)20(26)12-11-16-7-2-3-9-18(16)22/h2-4,6-7,9-12,17H,5,8,13-14H2,1H3,(H,23,24,27)/b12-11+. The van der Waals surface area contributed by atoms with Crippen molar-refractivity contribution in [3.63, 3.8) is 0 Å². The minimum Gasteiger partial charge on any atom is -0.338 e. The Bertz CT molecular complexity index is 866. The summed E-state index contributed by atoms with van der Waals surface area (Å²) >= 11 is 0. The number of aromatic nitrogens is 1. The number of benzene rings is 1. The fourth-order valence-corrected chi connectivity index (χ4v) is 3.11. The van der Waals surface area contributed by atoms with Crippen molar-refractivity contribution < 1.29 is 14.0 Å². The molecular formula is C21H22FN3O2. The first kappa shape index (κ1) is 18.8. The molecular weight excluding hydrogens is 345 g/mol. The molecule has 27 heavy (non-hydrogen) atoms. The monoisotopic (exact) mass is 367 g/mol. The maximum Gasteiger partial charge on any atom is 0.246 e. The first-order valence-electron chi connectivity index (χ1n) is 8.99. The van der Waals surface area contributed by atoms with Crippen LogP contribution in [0.1, 0.15) is 24.1 Å². The molecule has 2 aromatic rings. The van der Waals surface area contributed by atoms with E-state index >= 15 is 0 Å². The van der Waals surface area contributed by atoms with E-state index in [0.717, 1.165) is 18.5 Å². The Hall–Kier alpha value is -3.02. The summed E-state index contributed by atoms with van der Waals surface area (Å²) in [5.41, 5.74) is 1.19. The van der Waals surface area contributed by atoms with E-state index in [1.807, 2.05) is 19.1 Å². The summed E-state index contributed by atoms with van der Waals surface area (Å²) in [5, 5.41) is 2.82. The second-order valence-corrected chi connectivity index (χ2v) is 6.63. The summed E-state index contributed by atoms with van der Waals surface area (Å²) in [7, 11) is 0. The molecule has 0 radical (unpaired) electrons. The van der Waals surface area contributed by atoms with Crippen molar-refractivity contribution in [1.82, 2.24) is 9.88 Å². The lowest BCUT2D eigenvalue weighted by Gasteiger charge is -2.31. The van der Waals surface area contributed by atoms with Crippen molar-refractivity contribution in [3.05, 3.63) is 65.6 Å². The second-order valence-electron chi connectivity index (χ2n) is 6.63. The quantitative estimate of drug-likeness (QED) is 0.843. The number of hydrogen-bond acceptors (Lipinski definition) is 3. The van der Waals surface area contributed by atoms with E-state index in [1.165, 1.54) is 18.2 Å². The largest absolute Gasteiger partial charge is 0.338 e. The molecule has 140 valence electrons. The maximum absolute atomic E-state index is 13.7. The van der Waals surface area contributed by atoms with Gasteiger partial charge in [0.25, 0.3) is 0 Å². The van der Waals surface area contributed by atoms with Gasteiger partial charge in [-0.05, 0) is 44.0 Å². The molecule has 2 amide bonds. The molecule has 1 aliphatic rings. The van der Waals surface area contributed by atoms with Gasteiger partial charge in [-0.3, -0.25) is 9.59 Å². The third-order valence-electron chi connectivity index (χ3n) is 4.55. The predicted octanol–water partition coefficient (Wildman–Crippen LogP) is 3.42. The molecule has 1 aliphatic heterocycles. The number of anilines is 1. The molecule has 1 aromatic carbocycles. The van der Waals surface area contributed by atoms with E-state index in [-0.39, 0.29) is 23.5 Å². The number of hydrogen-bond donors (Lipinski definition) is 1. The van der Waals surface area contributed by atoms with Crippen molar-refractivity contribution in [3.8, 4) is 0 Å². The molecule has 1 N–H and O–H groups in total. The Balaban J connectivity index is 1.60. The van der Waals surface area contributed by atoms with Crippen LogP contribution in [-0.2, 0) is 9.59 Å². The molecule has 0 bridgehead atoms. The summed E-state index contributed by atoms with van der Waals surface area (Å²) < 4.78 is 13.7. The zero-order valence-corrected chi connectivity index (χ0v) is 15.2. The number of piperidine rings is 1. The minimum atomic E-state index is -0.372. The number of nitrogens with zero attached hydrogens (tertiary/aromatic N) is 2.